The molecule has 5 rings (SSSR count). The molecule has 4 aromatic rings. The van der Waals surface area contributed by atoms with E-state index in [1.807, 2.05) is 41.3 Å². The zero-order valence-corrected chi connectivity index (χ0v) is 16.0. The normalized spacial score (nSPS) is 16.4. The Labute approximate surface area is 167 Å². The summed E-state index contributed by atoms with van der Waals surface area (Å²) >= 11 is 0. The monoisotopic (exact) mass is 388 g/mol. The number of methoxy groups -OCH3 is 1. The van der Waals surface area contributed by atoms with Crippen LogP contribution in [0.4, 0.5) is 0 Å². The number of hydrogen-bond acceptors (Lipinski definition) is 5. The number of hydrogen-bond donors (Lipinski definition) is 0. The van der Waals surface area contributed by atoms with Gasteiger partial charge in [-0.15, -0.1) is 0 Å². The molecule has 1 aliphatic rings. The highest BCUT2D eigenvalue weighted by Crippen LogP contribution is 2.33. The van der Waals surface area contributed by atoms with E-state index in [2.05, 4.69) is 9.55 Å². The maximum absolute atomic E-state index is 12.7. The lowest BCUT2D eigenvalue weighted by molar-refractivity contribution is 0.0756. The van der Waals surface area contributed by atoms with Crippen molar-refractivity contribution in [3.8, 4) is 17.1 Å². The molecule has 1 fully saturated rings. The van der Waals surface area contributed by atoms with E-state index in [1.54, 1.807) is 25.4 Å². The standard InChI is InChI=1S/C22H20N4O3/c1-28-17-8-6-15(7-9-17)20-24-18-4-2-11-23-21(18)26(20)16-10-12-25(14-16)22(27)19-5-3-13-29-19/h2-9,11,13,16H,10,12,14H2,1H3/t16-/m0/s1. The first kappa shape index (κ1) is 17.5. The zero-order chi connectivity index (χ0) is 19.8. The molecule has 7 nitrogen and oxygen atoms in total. The molecule has 3 aromatic heterocycles. The van der Waals surface area contributed by atoms with E-state index >= 15 is 0 Å². The van der Waals surface area contributed by atoms with E-state index in [1.165, 1.54) is 6.26 Å². The van der Waals surface area contributed by atoms with Crippen LogP contribution in [0, 0.1) is 0 Å². The van der Waals surface area contributed by atoms with E-state index in [-0.39, 0.29) is 11.9 Å². The first-order valence-electron chi connectivity index (χ1n) is 9.55. The zero-order valence-electron chi connectivity index (χ0n) is 16.0. The van der Waals surface area contributed by atoms with Crippen LogP contribution in [-0.4, -0.2) is 45.5 Å². The van der Waals surface area contributed by atoms with Gasteiger partial charge < -0.3 is 18.6 Å². The Morgan fingerprint density at radius 2 is 2.03 bits per heavy atom. The Kier molecular flexibility index (Phi) is 4.27. The van der Waals surface area contributed by atoms with Gasteiger partial charge in [0.05, 0.1) is 19.4 Å². The van der Waals surface area contributed by atoms with Crippen LogP contribution in [0.15, 0.2) is 65.4 Å². The van der Waals surface area contributed by atoms with Crippen molar-refractivity contribution >= 4 is 17.1 Å². The van der Waals surface area contributed by atoms with Gasteiger partial charge in [0.15, 0.2) is 11.4 Å². The Hall–Kier alpha value is -3.61. The van der Waals surface area contributed by atoms with Crippen molar-refractivity contribution in [2.24, 2.45) is 0 Å². The highest BCUT2D eigenvalue weighted by molar-refractivity contribution is 5.91. The highest BCUT2D eigenvalue weighted by atomic mass is 16.5. The molecule has 1 aliphatic heterocycles. The average Bonchev–Trinajstić information content (AvgIpc) is 3.52. The lowest BCUT2D eigenvalue weighted by atomic mass is 10.2. The van der Waals surface area contributed by atoms with Gasteiger partial charge in [0.2, 0.25) is 0 Å². The number of carbonyl (C=O) groups is 1. The minimum atomic E-state index is -0.0825. The van der Waals surface area contributed by atoms with Crippen molar-refractivity contribution in [1.82, 2.24) is 19.4 Å². The second-order valence-corrected chi connectivity index (χ2v) is 7.05. The van der Waals surface area contributed by atoms with Gasteiger partial charge in [0.1, 0.15) is 17.1 Å². The van der Waals surface area contributed by atoms with Crippen molar-refractivity contribution in [2.45, 2.75) is 12.5 Å². The minimum absolute atomic E-state index is 0.0825. The number of furan rings is 1. The molecule has 4 heterocycles. The molecule has 0 saturated carbocycles. The molecule has 7 heteroatoms. The molecule has 0 spiro atoms. The second kappa shape index (κ2) is 7.09. The number of aromatic nitrogens is 3. The molecule has 0 bridgehead atoms. The van der Waals surface area contributed by atoms with Crippen LogP contribution < -0.4 is 4.74 Å². The van der Waals surface area contributed by atoms with E-state index in [0.29, 0.717) is 18.8 Å². The van der Waals surface area contributed by atoms with Crippen LogP contribution in [0.25, 0.3) is 22.6 Å². The number of carbonyl (C=O) groups excluding carboxylic acids is 1. The van der Waals surface area contributed by atoms with Gasteiger partial charge in [-0.2, -0.15) is 0 Å². The van der Waals surface area contributed by atoms with Gasteiger partial charge in [-0.3, -0.25) is 4.79 Å². The summed E-state index contributed by atoms with van der Waals surface area (Å²) in [6.45, 7) is 1.25. The Morgan fingerprint density at radius 1 is 1.17 bits per heavy atom. The van der Waals surface area contributed by atoms with Gasteiger partial charge in [-0.25, -0.2) is 9.97 Å². The topological polar surface area (TPSA) is 73.4 Å². The predicted molar refractivity (Wildman–Crippen MR) is 108 cm³/mol. The minimum Gasteiger partial charge on any atom is -0.497 e. The summed E-state index contributed by atoms with van der Waals surface area (Å²) in [6, 6.07) is 15.2. The number of pyridine rings is 1. The molecule has 146 valence electrons. The number of imidazole rings is 1. The first-order chi connectivity index (χ1) is 14.2. The number of likely N-dealkylation sites (tertiary alicyclic amines) is 1. The van der Waals surface area contributed by atoms with Crippen molar-refractivity contribution in [3.63, 3.8) is 0 Å². The molecular formula is C22H20N4O3. The number of ether oxygens (including phenoxy) is 1. The molecule has 0 unspecified atom stereocenters. The number of benzene rings is 1. The number of amides is 1. The maximum Gasteiger partial charge on any atom is 0.289 e. The summed E-state index contributed by atoms with van der Waals surface area (Å²) in [5, 5.41) is 0. The Morgan fingerprint density at radius 3 is 2.79 bits per heavy atom. The maximum atomic E-state index is 12.7. The summed E-state index contributed by atoms with van der Waals surface area (Å²) in [5.41, 5.74) is 2.66. The quantitative estimate of drug-likeness (QED) is 0.532. The first-order valence-corrected chi connectivity index (χ1v) is 9.55. The van der Waals surface area contributed by atoms with Crippen LogP contribution in [0.2, 0.25) is 0 Å². The van der Waals surface area contributed by atoms with Gasteiger partial charge in [0, 0.05) is 24.8 Å². The molecule has 1 saturated heterocycles. The van der Waals surface area contributed by atoms with E-state index in [0.717, 1.165) is 34.7 Å². The third kappa shape index (κ3) is 3.04. The van der Waals surface area contributed by atoms with Crippen LogP contribution in [0.1, 0.15) is 23.0 Å². The molecular weight excluding hydrogens is 368 g/mol. The van der Waals surface area contributed by atoms with E-state index in [4.69, 9.17) is 14.1 Å². The predicted octanol–water partition coefficient (Wildman–Crippen LogP) is 3.79. The van der Waals surface area contributed by atoms with Crippen molar-refractivity contribution in [3.05, 3.63) is 66.8 Å². The SMILES string of the molecule is COc1ccc(-c2nc3cccnc3n2[C@H]2CCN(C(=O)c3ccco3)C2)cc1. The summed E-state index contributed by atoms with van der Waals surface area (Å²) in [6.07, 6.45) is 4.13. The summed E-state index contributed by atoms with van der Waals surface area (Å²) < 4.78 is 12.7. The summed E-state index contributed by atoms with van der Waals surface area (Å²) in [4.78, 5) is 23.9. The Bertz CT molecular complexity index is 1150. The van der Waals surface area contributed by atoms with Gasteiger partial charge in [-0.05, 0) is 55.0 Å². The highest BCUT2D eigenvalue weighted by Gasteiger charge is 2.32. The molecule has 0 radical (unpaired) electrons. The second-order valence-electron chi connectivity index (χ2n) is 7.05. The fraction of sp³-hybridized carbons (Fsp3) is 0.227. The van der Waals surface area contributed by atoms with Crippen molar-refractivity contribution in [1.29, 1.82) is 0 Å². The summed E-state index contributed by atoms with van der Waals surface area (Å²) in [5.74, 6) is 1.93. The molecule has 0 N–H and O–H groups in total. The van der Waals surface area contributed by atoms with Crippen LogP contribution >= 0.6 is 0 Å². The van der Waals surface area contributed by atoms with Crippen molar-refractivity contribution in [2.75, 3.05) is 20.2 Å². The third-order valence-corrected chi connectivity index (χ3v) is 5.34. The average molecular weight is 388 g/mol. The summed E-state index contributed by atoms with van der Waals surface area (Å²) in [7, 11) is 1.65. The third-order valence-electron chi connectivity index (χ3n) is 5.34. The fourth-order valence-corrected chi connectivity index (χ4v) is 3.91. The van der Waals surface area contributed by atoms with Gasteiger partial charge in [-0.1, -0.05) is 0 Å². The molecule has 1 atom stereocenters. The molecule has 1 amide bonds. The number of nitrogens with zero attached hydrogens (tertiary/aromatic N) is 4. The lowest BCUT2D eigenvalue weighted by Crippen LogP contribution is -2.28. The van der Waals surface area contributed by atoms with Gasteiger partial charge in [0.25, 0.3) is 5.91 Å². The fourth-order valence-electron chi connectivity index (χ4n) is 3.91. The lowest BCUT2D eigenvalue weighted by Gasteiger charge is -2.18. The number of fused-ring (bicyclic) bond motifs is 1. The number of rotatable bonds is 4. The van der Waals surface area contributed by atoms with Crippen LogP contribution in [0.3, 0.4) is 0 Å². The van der Waals surface area contributed by atoms with Crippen molar-refractivity contribution < 1.29 is 13.9 Å². The molecule has 29 heavy (non-hydrogen) atoms. The largest absolute Gasteiger partial charge is 0.497 e. The molecule has 1 aromatic carbocycles. The smallest absolute Gasteiger partial charge is 0.289 e. The van der Waals surface area contributed by atoms with E-state index < -0.39 is 0 Å². The molecule has 0 aliphatic carbocycles. The Balaban J connectivity index is 1.53. The van der Waals surface area contributed by atoms with Gasteiger partial charge >= 0.3 is 0 Å². The van der Waals surface area contributed by atoms with Crippen LogP contribution in [0.5, 0.6) is 5.75 Å². The van der Waals surface area contributed by atoms with Crippen LogP contribution in [-0.2, 0) is 0 Å². The van der Waals surface area contributed by atoms with E-state index in [9.17, 15) is 4.79 Å².